The van der Waals surface area contributed by atoms with Crippen molar-refractivity contribution in [1.82, 2.24) is 4.31 Å². The van der Waals surface area contributed by atoms with Crippen LogP contribution in [0.4, 0.5) is 0 Å². The molecule has 0 N–H and O–H groups in total. The summed E-state index contributed by atoms with van der Waals surface area (Å²) in [4.78, 5) is 0. The summed E-state index contributed by atoms with van der Waals surface area (Å²) in [6.45, 7) is 2.13. The van der Waals surface area contributed by atoms with Gasteiger partial charge in [-0.15, -0.1) is 11.6 Å². The van der Waals surface area contributed by atoms with Crippen molar-refractivity contribution in [2.75, 3.05) is 19.3 Å². The summed E-state index contributed by atoms with van der Waals surface area (Å²) < 4.78 is 25.1. The van der Waals surface area contributed by atoms with E-state index in [9.17, 15) is 8.42 Å². The van der Waals surface area contributed by atoms with Crippen molar-refractivity contribution >= 4 is 21.6 Å². The molecule has 0 saturated carbocycles. The van der Waals surface area contributed by atoms with E-state index in [1.165, 1.54) is 4.31 Å². The van der Waals surface area contributed by atoms with E-state index in [-0.39, 0.29) is 11.1 Å². The predicted octanol–water partition coefficient (Wildman–Crippen LogP) is 2.12. The van der Waals surface area contributed by atoms with E-state index >= 15 is 0 Å². The largest absolute Gasteiger partial charge is 0.214 e. The second-order valence-corrected chi connectivity index (χ2v) is 7.05. The first-order chi connectivity index (χ1) is 7.92. The average molecular weight is 276 g/mol. The van der Waals surface area contributed by atoms with E-state index in [4.69, 9.17) is 11.6 Å². The second-order valence-electron chi connectivity index (χ2n) is 4.11. The fourth-order valence-corrected chi connectivity index (χ4v) is 3.06. The molecule has 1 aromatic rings. The van der Waals surface area contributed by atoms with Crippen LogP contribution in [0.1, 0.15) is 12.5 Å². The van der Waals surface area contributed by atoms with E-state index in [1.807, 2.05) is 30.3 Å². The van der Waals surface area contributed by atoms with Crippen molar-refractivity contribution in [2.45, 2.75) is 18.7 Å². The third kappa shape index (κ3) is 5.06. The van der Waals surface area contributed by atoms with Crippen molar-refractivity contribution in [2.24, 2.45) is 0 Å². The number of hydrogen-bond donors (Lipinski definition) is 0. The first kappa shape index (κ1) is 14.5. The molecular formula is C12H18ClNO2S. The molecule has 17 heavy (non-hydrogen) atoms. The summed E-state index contributed by atoms with van der Waals surface area (Å²) in [5.41, 5.74) is 1.03. The molecule has 0 saturated heterocycles. The Kier molecular flexibility index (Phi) is 5.43. The molecule has 1 rings (SSSR count). The molecule has 0 bridgehead atoms. The van der Waals surface area contributed by atoms with Crippen molar-refractivity contribution in [1.29, 1.82) is 0 Å². The molecular weight excluding hydrogens is 258 g/mol. The number of halogens is 1. The van der Waals surface area contributed by atoms with Gasteiger partial charge in [-0.25, -0.2) is 12.7 Å². The summed E-state index contributed by atoms with van der Waals surface area (Å²) in [5, 5.41) is -0.175. The van der Waals surface area contributed by atoms with Gasteiger partial charge in [0.25, 0.3) is 0 Å². The minimum absolute atomic E-state index is 0.122. The SMILES string of the molecule is CC(Cl)CN(C)S(=O)(=O)CCc1ccccc1. The van der Waals surface area contributed by atoms with Gasteiger partial charge >= 0.3 is 0 Å². The molecule has 0 aliphatic rings. The number of rotatable bonds is 6. The maximum atomic E-state index is 11.9. The highest BCUT2D eigenvalue weighted by molar-refractivity contribution is 7.89. The number of sulfonamides is 1. The Bertz CT molecular complexity index is 431. The smallest absolute Gasteiger partial charge is 0.212 e. The van der Waals surface area contributed by atoms with Crippen LogP contribution >= 0.6 is 11.6 Å². The molecule has 1 aromatic carbocycles. The van der Waals surface area contributed by atoms with Gasteiger partial charge in [0.2, 0.25) is 10.0 Å². The van der Waals surface area contributed by atoms with Gasteiger partial charge in [-0.05, 0) is 18.9 Å². The minimum atomic E-state index is -3.20. The Morgan fingerprint density at radius 3 is 2.41 bits per heavy atom. The lowest BCUT2D eigenvalue weighted by atomic mass is 10.2. The Morgan fingerprint density at radius 2 is 1.88 bits per heavy atom. The van der Waals surface area contributed by atoms with Crippen LogP contribution in [0.2, 0.25) is 0 Å². The van der Waals surface area contributed by atoms with Crippen molar-refractivity contribution in [3.8, 4) is 0 Å². The Morgan fingerprint density at radius 1 is 1.29 bits per heavy atom. The maximum absolute atomic E-state index is 11.9. The fraction of sp³-hybridized carbons (Fsp3) is 0.500. The van der Waals surface area contributed by atoms with Gasteiger partial charge in [0, 0.05) is 19.0 Å². The second kappa shape index (κ2) is 6.38. The normalized spacial score (nSPS) is 13.9. The van der Waals surface area contributed by atoms with Gasteiger partial charge in [0.1, 0.15) is 0 Å². The quantitative estimate of drug-likeness (QED) is 0.746. The fourth-order valence-electron chi connectivity index (χ4n) is 1.52. The molecule has 3 nitrogen and oxygen atoms in total. The molecule has 0 amide bonds. The van der Waals surface area contributed by atoms with E-state index < -0.39 is 10.0 Å². The Labute approximate surface area is 108 Å². The number of aryl methyl sites for hydroxylation is 1. The molecule has 0 aliphatic heterocycles. The summed E-state index contributed by atoms with van der Waals surface area (Å²) in [7, 11) is -1.64. The molecule has 0 heterocycles. The zero-order valence-electron chi connectivity index (χ0n) is 10.1. The van der Waals surface area contributed by atoms with Crippen molar-refractivity contribution in [3.05, 3.63) is 35.9 Å². The third-order valence-electron chi connectivity index (χ3n) is 2.48. The van der Waals surface area contributed by atoms with Crippen LogP contribution in [0.15, 0.2) is 30.3 Å². The highest BCUT2D eigenvalue weighted by Crippen LogP contribution is 2.07. The van der Waals surface area contributed by atoms with Crippen molar-refractivity contribution < 1.29 is 8.42 Å². The van der Waals surface area contributed by atoms with Gasteiger partial charge in [0.15, 0.2) is 0 Å². The highest BCUT2D eigenvalue weighted by Gasteiger charge is 2.18. The summed E-state index contributed by atoms with van der Waals surface area (Å²) in [6.07, 6.45) is 0.532. The van der Waals surface area contributed by atoms with Crippen LogP contribution in [0.25, 0.3) is 0 Å². The maximum Gasteiger partial charge on any atom is 0.214 e. The van der Waals surface area contributed by atoms with E-state index in [1.54, 1.807) is 14.0 Å². The zero-order valence-corrected chi connectivity index (χ0v) is 11.7. The van der Waals surface area contributed by atoms with Crippen LogP contribution in [0.5, 0.6) is 0 Å². The average Bonchev–Trinajstić information content (AvgIpc) is 2.27. The van der Waals surface area contributed by atoms with Gasteiger partial charge in [-0.3, -0.25) is 0 Å². The van der Waals surface area contributed by atoms with Gasteiger partial charge in [-0.2, -0.15) is 0 Å². The summed E-state index contributed by atoms with van der Waals surface area (Å²) in [6, 6.07) is 9.59. The molecule has 0 aromatic heterocycles. The number of benzene rings is 1. The number of alkyl halides is 1. The van der Waals surface area contributed by atoms with Crippen LogP contribution in [-0.4, -0.2) is 37.4 Å². The lowest BCUT2D eigenvalue weighted by molar-refractivity contribution is 0.470. The van der Waals surface area contributed by atoms with Gasteiger partial charge in [-0.1, -0.05) is 30.3 Å². The van der Waals surface area contributed by atoms with Crippen LogP contribution in [-0.2, 0) is 16.4 Å². The topological polar surface area (TPSA) is 37.4 Å². The molecule has 0 radical (unpaired) electrons. The first-order valence-electron chi connectivity index (χ1n) is 5.54. The van der Waals surface area contributed by atoms with Gasteiger partial charge < -0.3 is 0 Å². The Balaban J connectivity index is 2.56. The molecule has 0 fully saturated rings. The zero-order chi connectivity index (χ0) is 12.9. The third-order valence-corrected chi connectivity index (χ3v) is 4.43. The predicted molar refractivity (Wildman–Crippen MR) is 71.9 cm³/mol. The lowest BCUT2D eigenvalue weighted by Gasteiger charge is -2.18. The monoisotopic (exact) mass is 275 g/mol. The van der Waals surface area contributed by atoms with Crippen molar-refractivity contribution in [3.63, 3.8) is 0 Å². The van der Waals surface area contributed by atoms with E-state index in [0.717, 1.165) is 5.56 Å². The Hall–Kier alpha value is -0.580. The lowest BCUT2D eigenvalue weighted by Crippen LogP contribution is -2.33. The minimum Gasteiger partial charge on any atom is -0.212 e. The molecule has 1 atom stereocenters. The molecule has 1 unspecified atom stereocenters. The number of hydrogen-bond acceptors (Lipinski definition) is 2. The number of nitrogens with zero attached hydrogens (tertiary/aromatic N) is 1. The first-order valence-corrected chi connectivity index (χ1v) is 7.58. The molecule has 96 valence electrons. The van der Waals surface area contributed by atoms with Crippen LogP contribution < -0.4 is 0 Å². The van der Waals surface area contributed by atoms with E-state index in [0.29, 0.717) is 13.0 Å². The molecule has 0 spiro atoms. The van der Waals surface area contributed by atoms with Crippen LogP contribution in [0, 0.1) is 0 Å². The molecule has 5 heteroatoms. The highest BCUT2D eigenvalue weighted by atomic mass is 35.5. The molecule has 0 aliphatic carbocycles. The van der Waals surface area contributed by atoms with Gasteiger partial charge in [0.05, 0.1) is 5.75 Å². The van der Waals surface area contributed by atoms with E-state index in [2.05, 4.69) is 0 Å². The summed E-state index contributed by atoms with van der Waals surface area (Å²) in [5.74, 6) is 0.122. The standard InChI is InChI=1S/C12H18ClNO2S/c1-11(13)10-14(2)17(15,16)9-8-12-6-4-3-5-7-12/h3-7,11H,8-10H2,1-2H3. The van der Waals surface area contributed by atoms with Crippen LogP contribution in [0.3, 0.4) is 0 Å². The summed E-state index contributed by atoms with van der Waals surface area (Å²) >= 11 is 5.79.